The lowest BCUT2D eigenvalue weighted by molar-refractivity contribution is 0.0695. The second kappa shape index (κ2) is 6.09. The second-order valence-corrected chi connectivity index (χ2v) is 5.52. The number of aromatic carboxylic acids is 1. The number of nitrogens with one attached hydrogen (secondary N) is 1. The first-order chi connectivity index (χ1) is 11.9. The molecule has 0 aliphatic heterocycles. The minimum absolute atomic E-state index is 0.0926. The van der Waals surface area contributed by atoms with E-state index in [1.165, 1.54) is 16.8 Å². The Morgan fingerprint density at radius 3 is 2.44 bits per heavy atom. The second-order valence-electron chi connectivity index (χ2n) is 5.52. The van der Waals surface area contributed by atoms with Crippen molar-refractivity contribution in [3.63, 3.8) is 0 Å². The predicted octanol–water partition coefficient (Wildman–Crippen LogP) is 3.09. The maximum Gasteiger partial charge on any atom is 0.337 e. The van der Waals surface area contributed by atoms with Crippen molar-refractivity contribution in [3.8, 4) is 16.9 Å². The zero-order valence-electron chi connectivity index (χ0n) is 13.6. The number of pyridine rings is 1. The quantitative estimate of drug-likeness (QED) is 0.720. The average molecular weight is 334 g/mol. The first-order valence-electron chi connectivity index (χ1n) is 7.43. The fourth-order valence-corrected chi connectivity index (χ4v) is 2.65. The molecule has 0 saturated carbocycles. The number of hydrogen-bond donors (Lipinski definition) is 2. The van der Waals surface area contributed by atoms with Crippen LogP contribution >= 0.6 is 0 Å². The summed E-state index contributed by atoms with van der Waals surface area (Å²) in [6.45, 7) is 10.3. The summed E-state index contributed by atoms with van der Waals surface area (Å²) in [4.78, 5) is 31.4. The lowest BCUT2D eigenvalue weighted by Gasteiger charge is -2.04. The molecule has 0 amide bonds. The normalized spacial score (nSPS) is 10.4. The minimum Gasteiger partial charge on any atom is -0.478 e. The Balaban J connectivity index is 2.11. The fraction of sp³-hybridized carbons (Fsp3) is 0.111. The number of nitrogens with zero attached hydrogens (tertiary/aromatic N) is 3. The smallest absolute Gasteiger partial charge is 0.337 e. The number of carbonyl (C=O) groups is 1. The lowest BCUT2D eigenvalue weighted by Crippen LogP contribution is -2.18. The van der Waals surface area contributed by atoms with E-state index in [0.717, 1.165) is 0 Å². The largest absolute Gasteiger partial charge is 0.478 e. The molecule has 0 unspecified atom stereocenters. The van der Waals surface area contributed by atoms with Gasteiger partial charge in [-0.05, 0) is 31.5 Å². The van der Waals surface area contributed by atoms with Crippen LogP contribution in [0.25, 0.3) is 21.8 Å². The molecule has 3 aromatic rings. The number of benzene rings is 1. The summed E-state index contributed by atoms with van der Waals surface area (Å²) in [6.07, 6.45) is 0. The summed E-state index contributed by atoms with van der Waals surface area (Å²) >= 11 is 0. The van der Waals surface area contributed by atoms with Crippen molar-refractivity contribution in [1.29, 1.82) is 0 Å². The third kappa shape index (κ3) is 2.81. The molecular formula is C18H14N4O3. The van der Waals surface area contributed by atoms with Gasteiger partial charge in [0.15, 0.2) is 11.5 Å². The van der Waals surface area contributed by atoms with Crippen molar-refractivity contribution in [2.45, 2.75) is 13.8 Å². The summed E-state index contributed by atoms with van der Waals surface area (Å²) in [5, 5.41) is 12.0. The number of carboxylic acid groups (broad SMARTS) is 1. The van der Waals surface area contributed by atoms with Gasteiger partial charge in [0.2, 0.25) is 0 Å². The van der Waals surface area contributed by atoms with E-state index >= 15 is 0 Å². The first-order valence-corrected chi connectivity index (χ1v) is 7.43. The van der Waals surface area contributed by atoms with E-state index in [4.69, 9.17) is 11.7 Å². The van der Waals surface area contributed by atoms with Crippen molar-refractivity contribution < 1.29 is 9.90 Å². The topological polar surface area (TPSA) is 92.3 Å². The lowest BCUT2D eigenvalue weighted by atomic mass is 10.1. The molecule has 0 aliphatic carbocycles. The van der Waals surface area contributed by atoms with Crippen molar-refractivity contribution >= 4 is 11.7 Å². The number of H-pyrrole nitrogens is 1. The molecule has 2 heterocycles. The van der Waals surface area contributed by atoms with Crippen molar-refractivity contribution in [2.75, 3.05) is 0 Å². The van der Waals surface area contributed by atoms with Gasteiger partial charge in [0.05, 0.1) is 23.4 Å². The molecule has 0 spiro atoms. The van der Waals surface area contributed by atoms with Gasteiger partial charge in [0.25, 0.3) is 5.56 Å². The van der Waals surface area contributed by atoms with Crippen LogP contribution in [0.1, 0.15) is 21.7 Å². The van der Waals surface area contributed by atoms with E-state index < -0.39 is 5.97 Å². The molecular weight excluding hydrogens is 320 g/mol. The summed E-state index contributed by atoms with van der Waals surface area (Å²) < 4.78 is 1.28. The van der Waals surface area contributed by atoms with Crippen LogP contribution in [0, 0.1) is 20.4 Å². The average Bonchev–Trinajstić information content (AvgIpc) is 2.89. The van der Waals surface area contributed by atoms with Gasteiger partial charge in [-0.1, -0.05) is 24.3 Å². The van der Waals surface area contributed by atoms with Crippen molar-refractivity contribution in [3.05, 3.63) is 75.1 Å². The van der Waals surface area contributed by atoms with E-state index in [1.54, 1.807) is 38.1 Å². The van der Waals surface area contributed by atoms with Crippen LogP contribution in [0.4, 0.5) is 5.69 Å². The first kappa shape index (κ1) is 16.2. The highest BCUT2D eigenvalue weighted by molar-refractivity contribution is 5.88. The van der Waals surface area contributed by atoms with Crippen molar-refractivity contribution in [2.24, 2.45) is 0 Å². The highest BCUT2D eigenvalue weighted by Crippen LogP contribution is 2.23. The molecule has 0 radical (unpaired) electrons. The zero-order valence-corrected chi connectivity index (χ0v) is 13.6. The monoisotopic (exact) mass is 334 g/mol. The van der Waals surface area contributed by atoms with Crippen molar-refractivity contribution in [1.82, 2.24) is 14.8 Å². The molecule has 2 N–H and O–H groups in total. The Bertz CT molecular complexity index is 1070. The number of aromatic amines is 1. The molecule has 3 rings (SSSR count). The molecule has 124 valence electrons. The fourth-order valence-electron chi connectivity index (χ4n) is 2.65. The summed E-state index contributed by atoms with van der Waals surface area (Å²) in [6, 6.07) is 9.67. The Labute approximate surface area is 143 Å². The maximum absolute atomic E-state index is 12.8. The van der Waals surface area contributed by atoms with Gasteiger partial charge in [0, 0.05) is 5.69 Å². The summed E-state index contributed by atoms with van der Waals surface area (Å²) in [5.41, 5.74) is 2.47. The van der Waals surface area contributed by atoms with E-state index in [2.05, 4.69) is 14.9 Å². The van der Waals surface area contributed by atoms with Gasteiger partial charge in [-0.15, -0.1) is 0 Å². The highest BCUT2D eigenvalue weighted by Gasteiger charge is 2.16. The molecule has 25 heavy (non-hydrogen) atoms. The van der Waals surface area contributed by atoms with Crippen LogP contribution in [0.15, 0.2) is 41.2 Å². The predicted molar refractivity (Wildman–Crippen MR) is 92.3 cm³/mol. The molecule has 0 bridgehead atoms. The van der Waals surface area contributed by atoms with Crippen LogP contribution in [0.3, 0.4) is 0 Å². The SMILES string of the molecule is [C-]#[N+]c1ccc(-c2c(C)[nH]n(-c3ccc(C(=O)O)c(C)n3)c2=O)cc1. The number of rotatable bonds is 3. The molecule has 0 aliphatic rings. The third-order valence-electron chi connectivity index (χ3n) is 3.89. The molecule has 0 fully saturated rings. The van der Waals surface area contributed by atoms with Crippen LogP contribution in [-0.2, 0) is 0 Å². The third-order valence-corrected chi connectivity index (χ3v) is 3.89. The van der Waals surface area contributed by atoms with Crippen LogP contribution in [0.2, 0.25) is 0 Å². The number of carboxylic acids is 1. The van der Waals surface area contributed by atoms with E-state index in [-0.39, 0.29) is 11.1 Å². The maximum atomic E-state index is 12.8. The molecule has 1 aromatic carbocycles. The minimum atomic E-state index is -1.06. The Morgan fingerprint density at radius 2 is 1.88 bits per heavy atom. The van der Waals surface area contributed by atoms with Gasteiger partial charge in [0.1, 0.15) is 0 Å². The van der Waals surface area contributed by atoms with E-state index in [0.29, 0.717) is 34.0 Å². The molecule has 7 heteroatoms. The van der Waals surface area contributed by atoms with Crippen LogP contribution in [-0.4, -0.2) is 25.8 Å². The van der Waals surface area contributed by atoms with E-state index in [1.807, 2.05) is 0 Å². The summed E-state index contributed by atoms with van der Waals surface area (Å²) in [7, 11) is 0. The van der Waals surface area contributed by atoms with Crippen LogP contribution < -0.4 is 5.56 Å². The zero-order chi connectivity index (χ0) is 18.1. The molecule has 0 saturated heterocycles. The number of aryl methyl sites for hydroxylation is 2. The molecule has 0 atom stereocenters. The number of aromatic nitrogens is 3. The highest BCUT2D eigenvalue weighted by atomic mass is 16.4. The van der Waals surface area contributed by atoms with Crippen LogP contribution in [0.5, 0.6) is 0 Å². The van der Waals surface area contributed by atoms with Gasteiger partial charge >= 0.3 is 5.97 Å². The molecule has 2 aromatic heterocycles. The van der Waals surface area contributed by atoms with Gasteiger partial charge in [-0.2, -0.15) is 0 Å². The Morgan fingerprint density at radius 1 is 1.20 bits per heavy atom. The molecule has 7 nitrogen and oxygen atoms in total. The Kier molecular flexibility index (Phi) is 3.95. The van der Waals surface area contributed by atoms with Gasteiger partial charge in [-0.3, -0.25) is 9.89 Å². The van der Waals surface area contributed by atoms with Gasteiger partial charge in [-0.25, -0.2) is 19.3 Å². The Hall–Kier alpha value is -3.66. The van der Waals surface area contributed by atoms with Gasteiger partial charge < -0.3 is 5.11 Å². The standard InChI is InChI=1S/C18H14N4O3/c1-10-14(18(24)25)8-9-15(20-10)22-17(23)16(11(2)21-22)12-4-6-13(19-3)7-5-12/h4-9,21H,1-2H3,(H,24,25). The number of hydrogen-bond acceptors (Lipinski definition) is 3. The van der Waals surface area contributed by atoms with E-state index in [9.17, 15) is 9.59 Å². The summed E-state index contributed by atoms with van der Waals surface area (Å²) in [5.74, 6) is -0.744.